The van der Waals surface area contributed by atoms with Crippen molar-refractivity contribution in [2.24, 2.45) is 0 Å². The van der Waals surface area contributed by atoms with E-state index in [-0.39, 0.29) is 12.5 Å². The van der Waals surface area contributed by atoms with Gasteiger partial charge in [-0.05, 0) is 17.4 Å². The van der Waals surface area contributed by atoms with Crippen LogP contribution in [-0.4, -0.2) is 33.3 Å². The van der Waals surface area contributed by atoms with Crippen molar-refractivity contribution >= 4 is 5.97 Å². The molecule has 0 aliphatic rings. The van der Waals surface area contributed by atoms with E-state index in [1.54, 1.807) is 6.92 Å². The Bertz CT molecular complexity index is 257. The molecule has 0 fully saturated rings. The highest BCUT2D eigenvalue weighted by molar-refractivity contribution is 5.68. The van der Waals surface area contributed by atoms with Gasteiger partial charge in [0, 0.05) is 0 Å². The number of ether oxygens (including phenoxy) is 1. The van der Waals surface area contributed by atoms with Crippen LogP contribution in [0.4, 0.5) is 0 Å². The maximum atomic E-state index is 10.7. The summed E-state index contributed by atoms with van der Waals surface area (Å²) in [4.78, 5) is 10.7. The molecular formula is C5H8N4O2. The topological polar surface area (TPSA) is 69.9 Å². The zero-order valence-electron chi connectivity index (χ0n) is 6.31. The van der Waals surface area contributed by atoms with Gasteiger partial charge in [-0.15, -0.1) is 5.10 Å². The highest BCUT2D eigenvalue weighted by atomic mass is 16.5. The lowest BCUT2D eigenvalue weighted by Crippen LogP contribution is -2.13. The third-order valence-electron chi connectivity index (χ3n) is 1.22. The summed E-state index contributed by atoms with van der Waals surface area (Å²) < 4.78 is 5.79. The van der Waals surface area contributed by atoms with Gasteiger partial charge in [-0.1, -0.05) is 0 Å². The molecule has 0 saturated heterocycles. The van der Waals surface area contributed by atoms with Crippen LogP contribution in [0, 0.1) is 6.92 Å². The molecule has 0 aromatic carbocycles. The first-order chi connectivity index (χ1) is 5.24. The van der Waals surface area contributed by atoms with E-state index >= 15 is 0 Å². The van der Waals surface area contributed by atoms with E-state index in [4.69, 9.17) is 0 Å². The quantitative estimate of drug-likeness (QED) is 0.522. The van der Waals surface area contributed by atoms with E-state index in [9.17, 15) is 4.79 Å². The summed E-state index contributed by atoms with van der Waals surface area (Å²) in [6, 6.07) is 0. The fourth-order valence-electron chi connectivity index (χ4n) is 0.582. The summed E-state index contributed by atoms with van der Waals surface area (Å²) in [6.07, 6.45) is 0. The normalized spacial score (nSPS) is 9.64. The number of hydrogen-bond acceptors (Lipinski definition) is 5. The van der Waals surface area contributed by atoms with Gasteiger partial charge in [0.05, 0.1) is 7.11 Å². The van der Waals surface area contributed by atoms with Gasteiger partial charge in [0.2, 0.25) is 0 Å². The predicted molar refractivity (Wildman–Crippen MR) is 34.6 cm³/mol. The van der Waals surface area contributed by atoms with Gasteiger partial charge in [-0.2, -0.15) is 0 Å². The van der Waals surface area contributed by atoms with Gasteiger partial charge in [0.25, 0.3) is 0 Å². The van der Waals surface area contributed by atoms with Gasteiger partial charge in [0.15, 0.2) is 0 Å². The van der Waals surface area contributed by atoms with E-state index in [1.165, 1.54) is 11.8 Å². The molecule has 0 aliphatic carbocycles. The van der Waals surface area contributed by atoms with E-state index in [1.807, 2.05) is 0 Å². The van der Waals surface area contributed by atoms with Crippen molar-refractivity contribution < 1.29 is 9.53 Å². The first-order valence-corrected chi connectivity index (χ1v) is 3.03. The molecule has 0 N–H and O–H groups in total. The average Bonchev–Trinajstić information content (AvgIpc) is 2.37. The van der Waals surface area contributed by atoms with Crippen LogP contribution in [0.1, 0.15) is 5.82 Å². The molecule has 0 amide bonds. The van der Waals surface area contributed by atoms with Crippen LogP contribution < -0.4 is 0 Å². The van der Waals surface area contributed by atoms with Crippen molar-refractivity contribution in [1.29, 1.82) is 0 Å². The van der Waals surface area contributed by atoms with Crippen LogP contribution in [0.15, 0.2) is 0 Å². The molecule has 0 unspecified atom stereocenters. The molecule has 11 heavy (non-hydrogen) atoms. The van der Waals surface area contributed by atoms with E-state index in [0.717, 1.165) is 0 Å². The number of nitrogens with zero attached hydrogens (tertiary/aromatic N) is 4. The van der Waals surface area contributed by atoms with Gasteiger partial charge >= 0.3 is 5.97 Å². The Hall–Kier alpha value is -1.46. The molecule has 0 radical (unpaired) electrons. The smallest absolute Gasteiger partial charge is 0.327 e. The summed E-state index contributed by atoms with van der Waals surface area (Å²) >= 11 is 0. The van der Waals surface area contributed by atoms with Gasteiger partial charge in [-0.25, -0.2) is 4.68 Å². The Balaban J connectivity index is 2.64. The summed E-state index contributed by atoms with van der Waals surface area (Å²) in [7, 11) is 1.32. The largest absolute Gasteiger partial charge is 0.468 e. The minimum absolute atomic E-state index is 0.0648. The summed E-state index contributed by atoms with van der Waals surface area (Å²) in [5.41, 5.74) is 0. The molecule has 1 aromatic heterocycles. The minimum Gasteiger partial charge on any atom is -0.468 e. The Kier molecular flexibility index (Phi) is 2.15. The Morgan fingerprint density at radius 1 is 1.73 bits per heavy atom. The zero-order valence-corrected chi connectivity index (χ0v) is 6.31. The number of rotatable bonds is 2. The van der Waals surface area contributed by atoms with E-state index in [2.05, 4.69) is 20.3 Å². The molecule has 6 heteroatoms. The number of carbonyl (C=O) groups excluding carboxylic acids is 1. The lowest BCUT2D eigenvalue weighted by molar-refractivity contribution is -0.141. The summed E-state index contributed by atoms with van der Waals surface area (Å²) in [6.45, 7) is 1.78. The van der Waals surface area contributed by atoms with Crippen LogP contribution >= 0.6 is 0 Å². The van der Waals surface area contributed by atoms with Crippen LogP contribution in [0.3, 0.4) is 0 Å². The van der Waals surface area contributed by atoms with Gasteiger partial charge in [0.1, 0.15) is 12.4 Å². The molecule has 1 rings (SSSR count). The minimum atomic E-state index is -0.361. The second-order valence-corrected chi connectivity index (χ2v) is 1.96. The molecule has 1 aromatic rings. The lowest BCUT2D eigenvalue weighted by Gasteiger charge is -1.97. The fraction of sp³-hybridized carbons (Fsp3) is 0.600. The molecule has 0 aliphatic heterocycles. The molecule has 0 spiro atoms. The van der Waals surface area contributed by atoms with E-state index < -0.39 is 0 Å². The molecular weight excluding hydrogens is 148 g/mol. The number of tetrazole rings is 1. The van der Waals surface area contributed by atoms with Crippen molar-refractivity contribution in [3.63, 3.8) is 0 Å². The lowest BCUT2D eigenvalue weighted by atomic mass is 10.6. The first-order valence-electron chi connectivity index (χ1n) is 3.03. The number of methoxy groups -OCH3 is 1. The second-order valence-electron chi connectivity index (χ2n) is 1.96. The Morgan fingerprint density at radius 2 is 2.45 bits per heavy atom. The van der Waals surface area contributed by atoms with Gasteiger partial charge < -0.3 is 4.74 Å². The van der Waals surface area contributed by atoms with Gasteiger partial charge in [-0.3, -0.25) is 4.79 Å². The highest BCUT2D eigenvalue weighted by Crippen LogP contribution is 1.88. The number of hydrogen-bond donors (Lipinski definition) is 0. The van der Waals surface area contributed by atoms with Crippen molar-refractivity contribution in [3.05, 3.63) is 5.82 Å². The Morgan fingerprint density at radius 3 is 2.91 bits per heavy atom. The number of esters is 1. The molecule has 0 atom stereocenters. The monoisotopic (exact) mass is 156 g/mol. The SMILES string of the molecule is COC(=O)Cn1nnnc1C. The summed E-state index contributed by atoms with van der Waals surface area (Å²) in [5, 5.41) is 10.5. The second kappa shape index (κ2) is 3.09. The van der Waals surface area contributed by atoms with Crippen molar-refractivity contribution in [2.45, 2.75) is 13.5 Å². The maximum absolute atomic E-state index is 10.7. The predicted octanol–water partition coefficient (Wildman–Crippen LogP) is -0.845. The molecule has 0 saturated carbocycles. The fourth-order valence-corrected chi connectivity index (χ4v) is 0.582. The number of aryl methyl sites for hydroxylation is 1. The van der Waals surface area contributed by atoms with E-state index in [0.29, 0.717) is 5.82 Å². The third kappa shape index (κ3) is 1.73. The number of aromatic nitrogens is 4. The molecule has 60 valence electrons. The standard InChI is InChI=1S/C5H8N4O2/c1-4-6-7-8-9(4)3-5(10)11-2/h3H2,1-2H3. The van der Waals surface area contributed by atoms with Crippen LogP contribution in [0.5, 0.6) is 0 Å². The summed E-state index contributed by atoms with van der Waals surface area (Å²) in [5.74, 6) is 0.232. The maximum Gasteiger partial charge on any atom is 0.327 e. The average molecular weight is 156 g/mol. The van der Waals surface area contributed by atoms with Crippen molar-refractivity contribution in [3.8, 4) is 0 Å². The zero-order chi connectivity index (χ0) is 8.27. The first kappa shape index (κ1) is 7.64. The van der Waals surface area contributed by atoms with Crippen molar-refractivity contribution in [1.82, 2.24) is 20.2 Å². The molecule has 6 nitrogen and oxygen atoms in total. The van der Waals surface area contributed by atoms with Crippen LogP contribution in [-0.2, 0) is 16.1 Å². The Labute approximate surface area is 63.1 Å². The molecule has 0 bridgehead atoms. The highest BCUT2D eigenvalue weighted by Gasteiger charge is 2.05. The van der Waals surface area contributed by atoms with Crippen LogP contribution in [0.25, 0.3) is 0 Å². The number of carbonyl (C=O) groups is 1. The van der Waals surface area contributed by atoms with Crippen molar-refractivity contribution in [2.75, 3.05) is 7.11 Å². The molecule has 1 heterocycles. The third-order valence-corrected chi connectivity index (χ3v) is 1.22. The van der Waals surface area contributed by atoms with Crippen LogP contribution in [0.2, 0.25) is 0 Å².